The van der Waals surface area contributed by atoms with E-state index < -0.39 is 6.04 Å². The van der Waals surface area contributed by atoms with E-state index in [0.29, 0.717) is 5.56 Å². The second-order valence-corrected chi connectivity index (χ2v) is 5.57. The van der Waals surface area contributed by atoms with Crippen molar-refractivity contribution in [3.05, 3.63) is 64.4 Å². The van der Waals surface area contributed by atoms with E-state index in [0.717, 1.165) is 10.2 Å². The first-order chi connectivity index (χ1) is 10.5. The van der Waals surface area contributed by atoms with Crippen molar-refractivity contribution in [1.82, 2.24) is 5.43 Å². The number of nitrogens with zero attached hydrogens (tertiary/aromatic N) is 1. The molecule has 0 spiro atoms. The third kappa shape index (κ3) is 4.96. The fraction of sp³-hybridized carbons (Fsp3) is 0.125. The van der Waals surface area contributed by atoms with Gasteiger partial charge in [-0.2, -0.15) is 5.10 Å². The molecule has 22 heavy (non-hydrogen) atoms. The second kappa shape index (κ2) is 7.70. The van der Waals surface area contributed by atoms with Crippen molar-refractivity contribution >= 4 is 33.7 Å². The number of amides is 1. The van der Waals surface area contributed by atoms with Gasteiger partial charge >= 0.3 is 0 Å². The van der Waals surface area contributed by atoms with Crippen LogP contribution in [0.15, 0.2) is 58.1 Å². The lowest BCUT2D eigenvalue weighted by atomic mass is 10.2. The fourth-order valence-corrected chi connectivity index (χ4v) is 1.94. The molecule has 0 aliphatic heterocycles. The smallest absolute Gasteiger partial charge is 0.262 e. The molecule has 1 unspecified atom stereocenters. The van der Waals surface area contributed by atoms with Crippen molar-refractivity contribution in [2.45, 2.75) is 13.0 Å². The van der Waals surface area contributed by atoms with Crippen molar-refractivity contribution in [2.75, 3.05) is 5.32 Å². The van der Waals surface area contributed by atoms with Crippen molar-refractivity contribution < 1.29 is 9.18 Å². The summed E-state index contributed by atoms with van der Waals surface area (Å²) >= 11 is 3.35. The van der Waals surface area contributed by atoms with Gasteiger partial charge in [0.1, 0.15) is 11.9 Å². The zero-order valence-electron chi connectivity index (χ0n) is 11.9. The van der Waals surface area contributed by atoms with E-state index in [2.05, 4.69) is 31.8 Å². The molecule has 0 saturated carbocycles. The summed E-state index contributed by atoms with van der Waals surface area (Å²) in [4.78, 5) is 11.9. The summed E-state index contributed by atoms with van der Waals surface area (Å²) in [6.07, 6.45) is 1.46. The maximum atomic E-state index is 12.7. The Morgan fingerprint density at radius 1 is 1.18 bits per heavy atom. The number of carbonyl (C=O) groups excluding carboxylic acids is 1. The molecule has 1 atom stereocenters. The van der Waals surface area contributed by atoms with Crippen LogP contribution in [0.5, 0.6) is 0 Å². The second-order valence-electron chi connectivity index (χ2n) is 4.66. The van der Waals surface area contributed by atoms with Crippen molar-refractivity contribution in [1.29, 1.82) is 0 Å². The summed E-state index contributed by atoms with van der Waals surface area (Å²) in [5.41, 5.74) is 3.99. The molecular formula is C16H15BrFN3O. The van der Waals surface area contributed by atoms with E-state index in [-0.39, 0.29) is 11.7 Å². The summed E-state index contributed by atoms with van der Waals surface area (Å²) in [6.45, 7) is 1.74. The Bertz CT molecular complexity index is 656. The van der Waals surface area contributed by atoms with Crippen LogP contribution in [0.3, 0.4) is 0 Å². The molecule has 2 aromatic rings. The van der Waals surface area contributed by atoms with Crippen LogP contribution in [0.25, 0.3) is 0 Å². The van der Waals surface area contributed by atoms with E-state index in [1.54, 1.807) is 19.1 Å². The molecular weight excluding hydrogens is 349 g/mol. The molecule has 0 bridgehead atoms. The Morgan fingerprint density at radius 3 is 2.45 bits per heavy atom. The maximum Gasteiger partial charge on any atom is 0.262 e. The number of nitrogens with one attached hydrogen (secondary N) is 2. The van der Waals surface area contributed by atoms with E-state index in [9.17, 15) is 9.18 Å². The van der Waals surface area contributed by atoms with Crippen LogP contribution in [0, 0.1) is 5.82 Å². The number of rotatable bonds is 5. The summed E-state index contributed by atoms with van der Waals surface area (Å²) < 4.78 is 13.7. The molecule has 0 radical (unpaired) electrons. The highest BCUT2D eigenvalue weighted by Crippen LogP contribution is 2.14. The van der Waals surface area contributed by atoms with Crippen LogP contribution in [0.4, 0.5) is 10.1 Å². The lowest BCUT2D eigenvalue weighted by Gasteiger charge is -2.13. The van der Waals surface area contributed by atoms with Gasteiger partial charge in [0.05, 0.1) is 6.21 Å². The molecule has 0 aliphatic carbocycles. The molecule has 6 heteroatoms. The fourth-order valence-electron chi connectivity index (χ4n) is 1.68. The van der Waals surface area contributed by atoms with Crippen LogP contribution in [0.1, 0.15) is 12.5 Å². The Balaban J connectivity index is 1.85. The van der Waals surface area contributed by atoms with Crippen LogP contribution < -0.4 is 10.7 Å². The zero-order valence-corrected chi connectivity index (χ0v) is 13.5. The van der Waals surface area contributed by atoms with Crippen molar-refractivity contribution in [3.63, 3.8) is 0 Å². The standard InChI is InChI=1S/C16H15BrFN3O/c1-11(20-15-8-4-13(17)5-9-15)16(22)21-19-10-12-2-6-14(18)7-3-12/h2-11,20H,1H3,(H,21,22). The molecule has 0 fully saturated rings. The first-order valence-corrected chi connectivity index (χ1v) is 7.44. The summed E-state index contributed by atoms with van der Waals surface area (Å²) in [5.74, 6) is -0.574. The topological polar surface area (TPSA) is 53.5 Å². The largest absolute Gasteiger partial charge is 0.374 e. The number of hydrogen-bond donors (Lipinski definition) is 2. The third-order valence-corrected chi connectivity index (χ3v) is 3.41. The van der Waals surface area contributed by atoms with Gasteiger partial charge in [0, 0.05) is 10.2 Å². The number of halogens is 2. The Labute approximate surface area is 136 Å². The summed E-state index contributed by atoms with van der Waals surface area (Å²) in [7, 11) is 0. The minimum atomic E-state index is -0.438. The Hall–Kier alpha value is -2.21. The van der Waals surface area contributed by atoms with Gasteiger partial charge in [0.15, 0.2) is 0 Å². The average molecular weight is 364 g/mol. The highest BCUT2D eigenvalue weighted by Gasteiger charge is 2.11. The average Bonchev–Trinajstić information content (AvgIpc) is 2.51. The predicted octanol–water partition coefficient (Wildman–Crippen LogP) is 3.54. The Morgan fingerprint density at radius 2 is 1.82 bits per heavy atom. The van der Waals surface area contributed by atoms with Gasteiger partial charge in [-0.1, -0.05) is 28.1 Å². The number of benzene rings is 2. The van der Waals surface area contributed by atoms with Gasteiger partial charge in [0.2, 0.25) is 0 Å². The number of hydrogen-bond acceptors (Lipinski definition) is 3. The van der Waals surface area contributed by atoms with E-state index in [4.69, 9.17) is 0 Å². The number of carbonyl (C=O) groups is 1. The van der Waals surface area contributed by atoms with E-state index >= 15 is 0 Å². The van der Waals surface area contributed by atoms with E-state index in [1.165, 1.54) is 18.3 Å². The zero-order chi connectivity index (χ0) is 15.9. The monoisotopic (exact) mass is 363 g/mol. The van der Waals surface area contributed by atoms with Gasteiger partial charge in [-0.25, -0.2) is 9.82 Å². The molecule has 0 aliphatic rings. The summed E-state index contributed by atoms with van der Waals surface area (Å²) in [6, 6.07) is 12.9. The highest BCUT2D eigenvalue weighted by atomic mass is 79.9. The Kier molecular flexibility index (Phi) is 5.66. The minimum Gasteiger partial charge on any atom is -0.374 e. The number of anilines is 1. The lowest BCUT2D eigenvalue weighted by molar-refractivity contribution is -0.121. The molecule has 0 heterocycles. The molecule has 114 valence electrons. The lowest BCUT2D eigenvalue weighted by Crippen LogP contribution is -2.34. The molecule has 1 amide bonds. The first-order valence-electron chi connectivity index (χ1n) is 6.65. The van der Waals surface area contributed by atoms with Gasteiger partial charge in [-0.15, -0.1) is 0 Å². The van der Waals surface area contributed by atoms with Crippen LogP contribution >= 0.6 is 15.9 Å². The SMILES string of the molecule is CC(Nc1ccc(Br)cc1)C(=O)NN=Cc1ccc(F)cc1. The molecule has 4 nitrogen and oxygen atoms in total. The molecule has 2 rings (SSSR count). The minimum absolute atomic E-state index is 0.263. The van der Waals surface area contributed by atoms with E-state index in [1.807, 2.05) is 24.3 Å². The molecule has 0 aromatic heterocycles. The van der Waals surface area contributed by atoms with Gasteiger partial charge < -0.3 is 5.32 Å². The number of hydrazone groups is 1. The predicted molar refractivity (Wildman–Crippen MR) is 89.4 cm³/mol. The van der Waals surface area contributed by atoms with Crippen LogP contribution in [-0.2, 0) is 4.79 Å². The highest BCUT2D eigenvalue weighted by molar-refractivity contribution is 9.10. The van der Waals surface area contributed by atoms with Crippen molar-refractivity contribution in [3.8, 4) is 0 Å². The maximum absolute atomic E-state index is 12.7. The molecule has 0 saturated heterocycles. The third-order valence-electron chi connectivity index (χ3n) is 2.88. The van der Waals surface area contributed by atoms with Crippen LogP contribution in [0.2, 0.25) is 0 Å². The van der Waals surface area contributed by atoms with Gasteiger partial charge in [-0.05, 0) is 48.9 Å². The molecule has 2 aromatic carbocycles. The van der Waals surface area contributed by atoms with Gasteiger partial charge in [-0.3, -0.25) is 4.79 Å². The molecule has 2 N–H and O–H groups in total. The first kappa shape index (κ1) is 16.2. The van der Waals surface area contributed by atoms with Crippen molar-refractivity contribution in [2.24, 2.45) is 5.10 Å². The quantitative estimate of drug-likeness (QED) is 0.630. The normalized spacial score (nSPS) is 12.1. The summed E-state index contributed by atoms with van der Waals surface area (Å²) in [5, 5.41) is 6.92. The van der Waals surface area contributed by atoms with Gasteiger partial charge in [0.25, 0.3) is 5.91 Å². The van der Waals surface area contributed by atoms with Crippen LogP contribution in [-0.4, -0.2) is 18.2 Å².